The van der Waals surface area contributed by atoms with E-state index in [2.05, 4.69) is 20.3 Å². The van der Waals surface area contributed by atoms with Gasteiger partial charge in [-0.1, -0.05) is 13.8 Å². The van der Waals surface area contributed by atoms with Crippen LogP contribution in [0.1, 0.15) is 30.5 Å². The molecular formula is C25H23F2N7O2S. The van der Waals surface area contributed by atoms with Crippen LogP contribution in [-0.2, 0) is 18.0 Å². The molecule has 1 aromatic carbocycles. The number of nitrogens with zero attached hydrogens (tertiary/aromatic N) is 5. The molecule has 9 nitrogen and oxygen atoms in total. The lowest BCUT2D eigenvalue weighted by Gasteiger charge is -2.19. The number of hydrogen-bond donors (Lipinski definition) is 3. The number of fused-ring (bicyclic) bond motifs is 4. The number of rotatable bonds is 4. The van der Waals surface area contributed by atoms with E-state index in [1.54, 1.807) is 6.20 Å². The smallest absolute Gasteiger partial charge is 0.226 e. The molecule has 0 radical (unpaired) electrons. The predicted molar refractivity (Wildman–Crippen MR) is 136 cm³/mol. The van der Waals surface area contributed by atoms with Gasteiger partial charge in [0.05, 0.1) is 47.5 Å². The van der Waals surface area contributed by atoms with Crippen molar-refractivity contribution in [2.45, 2.75) is 45.2 Å². The molecule has 37 heavy (non-hydrogen) atoms. The second-order valence-corrected chi connectivity index (χ2v) is 10.6. The van der Waals surface area contributed by atoms with Gasteiger partial charge in [-0.2, -0.15) is 5.26 Å². The Kier molecular flexibility index (Phi) is 5.68. The molecule has 4 aromatic rings. The summed E-state index contributed by atoms with van der Waals surface area (Å²) < 4.78 is 36.8. The van der Waals surface area contributed by atoms with Crippen molar-refractivity contribution in [3.8, 4) is 17.3 Å². The van der Waals surface area contributed by atoms with Crippen molar-refractivity contribution in [1.29, 1.82) is 5.26 Å². The number of nitrogen functional groups attached to an aromatic ring is 1. The first-order valence-corrected chi connectivity index (χ1v) is 12.6. The van der Waals surface area contributed by atoms with Crippen molar-refractivity contribution < 1.29 is 18.6 Å². The van der Waals surface area contributed by atoms with Crippen LogP contribution in [-0.4, -0.2) is 51.3 Å². The van der Waals surface area contributed by atoms with E-state index in [0.717, 1.165) is 23.1 Å². The second kappa shape index (κ2) is 8.81. The van der Waals surface area contributed by atoms with E-state index in [1.807, 2.05) is 24.8 Å². The van der Waals surface area contributed by atoms with Crippen LogP contribution in [0.15, 0.2) is 12.4 Å². The Morgan fingerprint density at radius 2 is 2.03 bits per heavy atom. The van der Waals surface area contributed by atoms with Gasteiger partial charge in [-0.25, -0.2) is 18.7 Å². The first-order chi connectivity index (χ1) is 17.8. The Hall–Kier alpha value is -3.50. The molecule has 12 heteroatoms. The predicted octanol–water partition coefficient (Wildman–Crippen LogP) is 3.22. The Labute approximate surface area is 214 Å². The number of β-amino-alcohol motifs (C(OH)–C–C–N with tert-alkyl or cyclic N) is 1. The Balaban J connectivity index is 1.55. The maximum absolute atomic E-state index is 16.4. The van der Waals surface area contributed by atoms with Crippen molar-refractivity contribution in [2.75, 3.05) is 23.7 Å². The number of aliphatic hydroxyl groups is 1. The van der Waals surface area contributed by atoms with Gasteiger partial charge in [-0.05, 0) is 11.1 Å². The first-order valence-electron chi connectivity index (χ1n) is 11.8. The number of halogens is 2. The zero-order valence-electron chi connectivity index (χ0n) is 20.0. The van der Waals surface area contributed by atoms with Gasteiger partial charge in [0.25, 0.3) is 0 Å². The standard InChI is InChI=1S/C25H23F2N7O2S/c1-10(2)32-16-6-34(7-17(16)35)25-31-4-12-13-8-36-9-14(13)18(20(27)21(12)33-25)22-19-11(3-28)24(29)37-23(19)15(26)5-30-22/h4-5,10,16-17,32,35H,6-9,29H2,1-2H3. The number of thiophene rings is 1. The molecule has 3 aromatic heterocycles. The van der Waals surface area contributed by atoms with Crippen LogP contribution >= 0.6 is 11.3 Å². The molecule has 0 bridgehead atoms. The summed E-state index contributed by atoms with van der Waals surface area (Å²) >= 11 is 0.930. The first kappa shape index (κ1) is 23.9. The highest BCUT2D eigenvalue weighted by molar-refractivity contribution is 7.23. The number of ether oxygens (including phenoxy) is 1. The Morgan fingerprint density at radius 1 is 1.24 bits per heavy atom. The normalized spacial score (nSPS) is 19.3. The summed E-state index contributed by atoms with van der Waals surface area (Å²) in [6.07, 6.45) is 1.96. The molecule has 190 valence electrons. The Morgan fingerprint density at radius 3 is 2.78 bits per heavy atom. The molecule has 1 saturated heterocycles. The van der Waals surface area contributed by atoms with E-state index in [9.17, 15) is 14.8 Å². The number of aliphatic hydroxyl groups excluding tert-OH is 1. The zero-order chi connectivity index (χ0) is 26.0. The summed E-state index contributed by atoms with van der Waals surface area (Å²) in [5, 5.41) is 24.4. The van der Waals surface area contributed by atoms with Gasteiger partial charge in [0.15, 0.2) is 11.6 Å². The fourth-order valence-electron chi connectivity index (χ4n) is 5.23. The van der Waals surface area contributed by atoms with Crippen molar-refractivity contribution >= 4 is 43.3 Å². The molecule has 1 fully saturated rings. The van der Waals surface area contributed by atoms with Gasteiger partial charge >= 0.3 is 0 Å². The van der Waals surface area contributed by atoms with Crippen LogP contribution in [0.3, 0.4) is 0 Å². The minimum atomic E-state index is -0.659. The minimum absolute atomic E-state index is 0.0623. The largest absolute Gasteiger partial charge is 0.390 e. The summed E-state index contributed by atoms with van der Waals surface area (Å²) in [6.45, 7) is 5.13. The van der Waals surface area contributed by atoms with E-state index in [-0.39, 0.29) is 68.7 Å². The van der Waals surface area contributed by atoms with Crippen LogP contribution < -0.4 is 16.0 Å². The third-order valence-electron chi connectivity index (χ3n) is 6.85. The third kappa shape index (κ3) is 3.69. The third-order valence-corrected chi connectivity index (χ3v) is 7.88. The maximum Gasteiger partial charge on any atom is 0.226 e. The van der Waals surface area contributed by atoms with Gasteiger partial charge < -0.3 is 25.8 Å². The van der Waals surface area contributed by atoms with Crippen LogP contribution in [0.4, 0.5) is 19.7 Å². The fourth-order valence-corrected chi connectivity index (χ4v) is 6.15. The van der Waals surface area contributed by atoms with E-state index in [4.69, 9.17) is 10.5 Å². The lowest BCUT2D eigenvalue weighted by atomic mass is 9.94. The highest BCUT2D eigenvalue weighted by Crippen LogP contribution is 2.45. The highest BCUT2D eigenvalue weighted by Gasteiger charge is 2.34. The van der Waals surface area contributed by atoms with Crippen molar-refractivity contribution in [3.05, 3.63) is 40.7 Å². The minimum Gasteiger partial charge on any atom is -0.390 e. The number of anilines is 2. The molecular weight excluding hydrogens is 500 g/mol. The number of aromatic nitrogens is 3. The molecule has 5 heterocycles. The molecule has 0 amide bonds. The number of benzene rings is 1. The lowest BCUT2D eigenvalue weighted by Crippen LogP contribution is -2.42. The van der Waals surface area contributed by atoms with Crippen LogP contribution in [0.5, 0.6) is 0 Å². The van der Waals surface area contributed by atoms with Crippen LogP contribution in [0.2, 0.25) is 0 Å². The number of pyridine rings is 1. The van der Waals surface area contributed by atoms with Crippen LogP contribution in [0.25, 0.3) is 32.2 Å². The summed E-state index contributed by atoms with van der Waals surface area (Å²) in [5.41, 5.74) is 7.65. The van der Waals surface area contributed by atoms with E-state index >= 15 is 4.39 Å². The molecule has 6 rings (SSSR count). The summed E-state index contributed by atoms with van der Waals surface area (Å²) in [7, 11) is 0. The van der Waals surface area contributed by atoms with E-state index < -0.39 is 17.7 Å². The Bertz CT molecular complexity index is 1620. The molecule has 0 aliphatic carbocycles. The summed E-state index contributed by atoms with van der Waals surface area (Å²) in [4.78, 5) is 15.1. The molecule has 2 aliphatic rings. The number of nitriles is 1. The number of hydrogen-bond acceptors (Lipinski definition) is 10. The average Bonchev–Trinajstić information content (AvgIpc) is 3.57. The summed E-state index contributed by atoms with van der Waals surface area (Å²) in [5.74, 6) is -1.00. The molecule has 2 atom stereocenters. The fraction of sp³-hybridized carbons (Fsp3) is 0.360. The average molecular weight is 524 g/mol. The quantitative estimate of drug-likeness (QED) is 0.369. The second-order valence-electron chi connectivity index (χ2n) is 9.58. The maximum atomic E-state index is 16.4. The van der Waals surface area contributed by atoms with Gasteiger partial charge in [-0.15, -0.1) is 11.3 Å². The van der Waals surface area contributed by atoms with Gasteiger partial charge in [0, 0.05) is 41.7 Å². The lowest BCUT2D eigenvalue weighted by molar-refractivity contribution is 0.135. The topological polar surface area (TPSA) is 133 Å². The van der Waals surface area contributed by atoms with Crippen molar-refractivity contribution in [2.24, 2.45) is 0 Å². The van der Waals surface area contributed by atoms with Gasteiger partial charge in [0.2, 0.25) is 5.95 Å². The van der Waals surface area contributed by atoms with Crippen LogP contribution in [0, 0.1) is 23.0 Å². The molecule has 2 unspecified atom stereocenters. The summed E-state index contributed by atoms with van der Waals surface area (Å²) in [6, 6.07) is 2.03. The zero-order valence-corrected chi connectivity index (χ0v) is 20.9. The molecule has 0 spiro atoms. The molecule has 2 aliphatic heterocycles. The number of nitrogens with one attached hydrogen (secondary N) is 1. The SMILES string of the molecule is CC(C)NC1CN(c2ncc3c4c(c(-c5ncc(F)c6sc(N)c(C#N)c56)c(F)c3n2)COC4)CC1O. The monoisotopic (exact) mass is 523 g/mol. The number of nitrogens with two attached hydrogens (primary N) is 1. The van der Waals surface area contributed by atoms with Crippen molar-refractivity contribution in [1.82, 2.24) is 20.3 Å². The van der Waals surface area contributed by atoms with Gasteiger partial charge in [-0.3, -0.25) is 4.98 Å². The van der Waals surface area contributed by atoms with Gasteiger partial charge in [0.1, 0.15) is 16.6 Å². The van der Waals surface area contributed by atoms with E-state index in [0.29, 0.717) is 24.0 Å². The molecule has 4 N–H and O–H groups in total. The highest BCUT2D eigenvalue weighted by atomic mass is 32.1. The van der Waals surface area contributed by atoms with Crippen molar-refractivity contribution in [3.63, 3.8) is 0 Å². The van der Waals surface area contributed by atoms with E-state index in [1.165, 1.54) is 0 Å². The molecule has 0 saturated carbocycles.